The molecular weight excluding hydrogens is 293 g/mol. The summed E-state index contributed by atoms with van der Waals surface area (Å²) in [6, 6.07) is 12.8. The number of halogens is 2. The van der Waals surface area contributed by atoms with E-state index in [4.69, 9.17) is 23.2 Å². The van der Waals surface area contributed by atoms with E-state index in [1.807, 2.05) is 38.1 Å². The average molecular weight is 308 g/mol. The first-order valence-corrected chi connectivity index (χ1v) is 7.05. The second kappa shape index (κ2) is 6.29. The zero-order valence-corrected chi connectivity index (χ0v) is 12.8. The Bertz CT molecular complexity index is 623. The van der Waals surface area contributed by atoms with Gasteiger partial charge in [0.25, 0.3) is 5.91 Å². The molecule has 4 heteroatoms. The van der Waals surface area contributed by atoms with Crippen LogP contribution in [0.3, 0.4) is 0 Å². The standard InChI is InChI=1S/C16H15Cl2NO/c1-10-3-5-12(6-4-10)11(2)19-16(20)14-8-7-13(17)9-15(14)18/h3-9,11H,1-2H3,(H,19,20)/t11-/m1/s1. The highest BCUT2D eigenvalue weighted by atomic mass is 35.5. The van der Waals surface area contributed by atoms with Crippen LogP contribution in [0.2, 0.25) is 10.0 Å². The topological polar surface area (TPSA) is 29.1 Å². The van der Waals surface area contributed by atoms with Crippen LogP contribution in [0.5, 0.6) is 0 Å². The van der Waals surface area contributed by atoms with E-state index in [0.717, 1.165) is 5.56 Å². The Kier molecular flexibility index (Phi) is 4.69. The van der Waals surface area contributed by atoms with Crippen LogP contribution in [-0.4, -0.2) is 5.91 Å². The number of rotatable bonds is 3. The SMILES string of the molecule is Cc1ccc([C@@H](C)NC(=O)c2ccc(Cl)cc2Cl)cc1. The lowest BCUT2D eigenvalue weighted by Crippen LogP contribution is -2.26. The van der Waals surface area contributed by atoms with E-state index in [9.17, 15) is 4.79 Å². The lowest BCUT2D eigenvalue weighted by molar-refractivity contribution is 0.0940. The summed E-state index contributed by atoms with van der Waals surface area (Å²) in [5.41, 5.74) is 2.66. The highest BCUT2D eigenvalue weighted by Crippen LogP contribution is 2.22. The molecule has 1 N–H and O–H groups in total. The van der Waals surface area contributed by atoms with Gasteiger partial charge in [-0.2, -0.15) is 0 Å². The minimum absolute atomic E-state index is 0.0881. The molecule has 0 bridgehead atoms. The third kappa shape index (κ3) is 3.53. The molecule has 20 heavy (non-hydrogen) atoms. The number of hydrogen-bond donors (Lipinski definition) is 1. The molecule has 2 aromatic rings. The van der Waals surface area contributed by atoms with Gasteiger partial charge in [0, 0.05) is 5.02 Å². The number of carbonyl (C=O) groups excluding carboxylic acids is 1. The van der Waals surface area contributed by atoms with E-state index < -0.39 is 0 Å². The van der Waals surface area contributed by atoms with Gasteiger partial charge in [0.05, 0.1) is 16.6 Å². The van der Waals surface area contributed by atoms with Crippen LogP contribution in [0.15, 0.2) is 42.5 Å². The van der Waals surface area contributed by atoms with Gasteiger partial charge in [-0.05, 0) is 37.6 Å². The largest absolute Gasteiger partial charge is 0.345 e. The van der Waals surface area contributed by atoms with Gasteiger partial charge in [-0.15, -0.1) is 0 Å². The summed E-state index contributed by atoms with van der Waals surface area (Å²) in [4.78, 5) is 12.2. The van der Waals surface area contributed by atoms with E-state index in [1.54, 1.807) is 18.2 Å². The zero-order valence-electron chi connectivity index (χ0n) is 11.3. The number of benzene rings is 2. The van der Waals surface area contributed by atoms with E-state index in [0.29, 0.717) is 15.6 Å². The van der Waals surface area contributed by atoms with Gasteiger partial charge in [0.15, 0.2) is 0 Å². The van der Waals surface area contributed by atoms with Crippen molar-refractivity contribution in [3.8, 4) is 0 Å². The number of hydrogen-bond acceptors (Lipinski definition) is 1. The van der Waals surface area contributed by atoms with Crippen molar-refractivity contribution in [1.82, 2.24) is 5.32 Å². The lowest BCUT2D eigenvalue weighted by Gasteiger charge is -2.15. The lowest BCUT2D eigenvalue weighted by atomic mass is 10.1. The molecule has 1 atom stereocenters. The molecule has 2 aromatic carbocycles. The summed E-state index contributed by atoms with van der Waals surface area (Å²) in [5.74, 6) is -0.209. The molecular formula is C16H15Cl2NO. The van der Waals surface area contributed by atoms with Gasteiger partial charge < -0.3 is 5.32 Å². The molecule has 1 amide bonds. The van der Waals surface area contributed by atoms with Crippen molar-refractivity contribution in [2.75, 3.05) is 0 Å². The molecule has 2 nitrogen and oxygen atoms in total. The molecule has 0 heterocycles. The predicted molar refractivity (Wildman–Crippen MR) is 83.5 cm³/mol. The maximum atomic E-state index is 12.2. The van der Waals surface area contributed by atoms with Crippen LogP contribution >= 0.6 is 23.2 Å². The van der Waals surface area contributed by atoms with Crippen LogP contribution in [0.4, 0.5) is 0 Å². The molecule has 0 aliphatic carbocycles. The summed E-state index contributed by atoms with van der Waals surface area (Å²) in [7, 11) is 0. The maximum Gasteiger partial charge on any atom is 0.253 e. The third-order valence-corrected chi connectivity index (χ3v) is 3.65. The van der Waals surface area contributed by atoms with Crippen molar-refractivity contribution in [3.63, 3.8) is 0 Å². The monoisotopic (exact) mass is 307 g/mol. The Morgan fingerprint density at radius 2 is 1.75 bits per heavy atom. The Morgan fingerprint density at radius 3 is 2.35 bits per heavy atom. The van der Waals surface area contributed by atoms with Crippen molar-refractivity contribution in [3.05, 3.63) is 69.2 Å². The molecule has 0 saturated carbocycles. The van der Waals surface area contributed by atoms with E-state index in [1.165, 1.54) is 5.56 Å². The fourth-order valence-corrected chi connectivity index (χ4v) is 2.38. The Hall–Kier alpha value is -1.51. The number of amides is 1. The number of carbonyl (C=O) groups is 1. The fourth-order valence-electron chi connectivity index (χ4n) is 1.89. The molecule has 0 saturated heterocycles. The Labute approximate surface area is 128 Å². The number of nitrogens with one attached hydrogen (secondary N) is 1. The van der Waals surface area contributed by atoms with Crippen molar-refractivity contribution in [2.45, 2.75) is 19.9 Å². The Morgan fingerprint density at radius 1 is 1.10 bits per heavy atom. The number of aryl methyl sites for hydroxylation is 1. The minimum atomic E-state index is -0.209. The molecule has 104 valence electrons. The van der Waals surface area contributed by atoms with Crippen molar-refractivity contribution in [1.29, 1.82) is 0 Å². The average Bonchev–Trinajstić information content (AvgIpc) is 2.39. The predicted octanol–water partition coefficient (Wildman–Crippen LogP) is 4.79. The molecule has 2 rings (SSSR count). The Balaban J connectivity index is 2.13. The van der Waals surface area contributed by atoms with Crippen molar-refractivity contribution in [2.24, 2.45) is 0 Å². The normalized spacial score (nSPS) is 12.0. The summed E-state index contributed by atoms with van der Waals surface area (Å²) in [5, 5.41) is 3.79. The van der Waals surface area contributed by atoms with E-state index >= 15 is 0 Å². The summed E-state index contributed by atoms with van der Waals surface area (Å²) in [6.07, 6.45) is 0. The summed E-state index contributed by atoms with van der Waals surface area (Å²) in [6.45, 7) is 3.97. The minimum Gasteiger partial charge on any atom is -0.345 e. The highest BCUT2D eigenvalue weighted by molar-refractivity contribution is 6.36. The van der Waals surface area contributed by atoms with Crippen LogP contribution in [-0.2, 0) is 0 Å². The molecule has 0 fully saturated rings. The molecule has 0 aliphatic rings. The van der Waals surface area contributed by atoms with E-state index in [-0.39, 0.29) is 11.9 Å². The maximum absolute atomic E-state index is 12.2. The van der Waals surface area contributed by atoms with Gasteiger partial charge in [0.1, 0.15) is 0 Å². The summed E-state index contributed by atoms with van der Waals surface area (Å²) < 4.78 is 0. The second-order valence-electron chi connectivity index (χ2n) is 4.73. The highest BCUT2D eigenvalue weighted by Gasteiger charge is 2.14. The second-order valence-corrected chi connectivity index (χ2v) is 5.57. The van der Waals surface area contributed by atoms with Crippen molar-refractivity contribution < 1.29 is 4.79 Å². The van der Waals surface area contributed by atoms with Gasteiger partial charge in [-0.3, -0.25) is 4.79 Å². The molecule has 0 aliphatic heterocycles. The van der Waals surface area contributed by atoms with Gasteiger partial charge in [0.2, 0.25) is 0 Å². The molecule has 0 aromatic heterocycles. The first kappa shape index (κ1) is 14.9. The molecule has 0 radical (unpaired) electrons. The van der Waals surface area contributed by atoms with Gasteiger partial charge in [-0.25, -0.2) is 0 Å². The van der Waals surface area contributed by atoms with Crippen LogP contribution in [0.1, 0.15) is 34.5 Å². The van der Waals surface area contributed by atoms with Gasteiger partial charge in [-0.1, -0.05) is 53.0 Å². The quantitative estimate of drug-likeness (QED) is 0.867. The fraction of sp³-hybridized carbons (Fsp3) is 0.188. The molecule has 0 unspecified atom stereocenters. The first-order valence-electron chi connectivity index (χ1n) is 6.30. The molecule has 0 spiro atoms. The third-order valence-electron chi connectivity index (χ3n) is 3.10. The first-order chi connectivity index (χ1) is 9.47. The van der Waals surface area contributed by atoms with E-state index in [2.05, 4.69) is 5.32 Å². The zero-order chi connectivity index (χ0) is 14.7. The smallest absolute Gasteiger partial charge is 0.253 e. The van der Waals surface area contributed by atoms with Crippen LogP contribution in [0.25, 0.3) is 0 Å². The summed E-state index contributed by atoms with van der Waals surface area (Å²) >= 11 is 11.9. The van der Waals surface area contributed by atoms with Gasteiger partial charge >= 0.3 is 0 Å². The van der Waals surface area contributed by atoms with Crippen LogP contribution in [0, 0.1) is 6.92 Å². The van der Waals surface area contributed by atoms with Crippen LogP contribution < -0.4 is 5.32 Å². The van der Waals surface area contributed by atoms with Crippen molar-refractivity contribution >= 4 is 29.1 Å².